The van der Waals surface area contributed by atoms with Gasteiger partial charge >= 0.3 is 0 Å². The van der Waals surface area contributed by atoms with E-state index in [0.717, 1.165) is 56.8 Å². The minimum atomic E-state index is -0.423. The largest absolute Gasteiger partial charge is 0.369 e. The highest BCUT2D eigenvalue weighted by atomic mass is 35.5. The molecule has 4 rings (SSSR count). The average Bonchev–Trinajstić information content (AvgIpc) is 3.50. The van der Waals surface area contributed by atoms with Gasteiger partial charge in [0.2, 0.25) is 5.91 Å². The summed E-state index contributed by atoms with van der Waals surface area (Å²) in [4.78, 5) is 17.9. The molecule has 2 aromatic rings. The fourth-order valence-electron chi connectivity index (χ4n) is 4.20. The normalized spacial score (nSPS) is 18.8. The molecule has 148 valence electrons. The molecule has 2 aromatic carbocycles. The van der Waals surface area contributed by atoms with Crippen molar-refractivity contribution < 1.29 is 4.79 Å². The fraction of sp³-hybridized carbons (Fsp3) is 0.435. The Balaban J connectivity index is 1.46. The zero-order valence-corrected chi connectivity index (χ0v) is 17.4. The van der Waals surface area contributed by atoms with Crippen LogP contribution in [0.3, 0.4) is 0 Å². The van der Waals surface area contributed by atoms with Crippen molar-refractivity contribution in [1.29, 1.82) is 0 Å². The first-order valence-electron chi connectivity index (χ1n) is 10.2. The Morgan fingerprint density at radius 3 is 2.46 bits per heavy atom. The number of hydrogen-bond acceptors (Lipinski definition) is 3. The lowest BCUT2D eigenvalue weighted by atomic mass is 9.95. The van der Waals surface area contributed by atoms with Gasteiger partial charge in [-0.25, -0.2) is 0 Å². The molecule has 0 aromatic heterocycles. The van der Waals surface area contributed by atoms with Crippen LogP contribution in [0.2, 0.25) is 5.02 Å². The summed E-state index contributed by atoms with van der Waals surface area (Å²) >= 11 is 6.13. The van der Waals surface area contributed by atoms with Gasteiger partial charge in [0.25, 0.3) is 0 Å². The van der Waals surface area contributed by atoms with Crippen molar-refractivity contribution in [2.45, 2.75) is 32.1 Å². The molecule has 0 bridgehead atoms. The van der Waals surface area contributed by atoms with Gasteiger partial charge in [0, 0.05) is 42.6 Å². The third kappa shape index (κ3) is 3.76. The van der Waals surface area contributed by atoms with E-state index in [1.54, 1.807) is 0 Å². The zero-order chi connectivity index (χ0) is 19.7. The zero-order valence-electron chi connectivity index (χ0n) is 16.7. The van der Waals surface area contributed by atoms with Crippen LogP contribution in [0.15, 0.2) is 42.5 Å². The van der Waals surface area contributed by atoms with Gasteiger partial charge in [0.15, 0.2) is 0 Å². The number of hydrogen-bond donors (Lipinski definition) is 1. The van der Waals surface area contributed by atoms with Gasteiger partial charge in [-0.15, -0.1) is 0 Å². The predicted molar refractivity (Wildman–Crippen MR) is 116 cm³/mol. The second kappa shape index (κ2) is 7.76. The van der Waals surface area contributed by atoms with Gasteiger partial charge in [0.05, 0.1) is 5.41 Å². The van der Waals surface area contributed by atoms with E-state index >= 15 is 0 Å². The van der Waals surface area contributed by atoms with Crippen molar-refractivity contribution in [3.63, 3.8) is 0 Å². The Hall–Kier alpha value is -2.04. The molecule has 1 aliphatic carbocycles. The number of nitrogens with one attached hydrogen (secondary N) is 1. The second-order valence-electron chi connectivity index (χ2n) is 7.97. The van der Waals surface area contributed by atoms with Crippen molar-refractivity contribution in [2.24, 2.45) is 0 Å². The van der Waals surface area contributed by atoms with Gasteiger partial charge < -0.3 is 15.1 Å². The van der Waals surface area contributed by atoms with E-state index < -0.39 is 5.41 Å². The number of halogens is 1. The summed E-state index contributed by atoms with van der Waals surface area (Å²) in [5, 5.41) is 3.82. The topological polar surface area (TPSA) is 35.6 Å². The number of likely N-dealkylation sites (N-methyl/N-ethyl adjacent to an activating group) is 1. The second-order valence-corrected chi connectivity index (χ2v) is 8.41. The molecule has 1 saturated heterocycles. The average molecular weight is 398 g/mol. The molecule has 5 heteroatoms. The lowest BCUT2D eigenvalue weighted by molar-refractivity contribution is -0.118. The van der Waals surface area contributed by atoms with E-state index in [2.05, 4.69) is 41.1 Å². The molecule has 0 spiro atoms. The van der Waals surface area contributed by atoms with Crippen LogP contribution in [0.5, 0.6) is 0 Å². The molecule has 1 amide bonds. The molecule has 0 atom stereocenters. The minimum Gasteiger partial charge on any atom is -0.369 e. The third-order valence-corrected chi connectivity index (χ3v) is 6.41. The van der Waals surface area contributed by atoms with E-state index in [4.69, 9.17) is 11.6 Å². The van der Waals surface area contributed by atoms with Crippen LogP contribution in [-0.4, -0.2) is 43.5 Å². The number of carbonyl (C=O) groups is 1. The molecular formula is C23H28ClN3O. The number of amides is 1. The molecule has 1 aliphatic heterocycles. The Morgan fingerprint density at radius 2 is 1.86 bits per heavy atom. The van der Waals surface area contributed by atoms with E-state index in [0.29, 0.717) is 5.02 Å². The van der Waals surface area contributed by atoms with Crippen molar-refractivity contribution in [1.82, 2.24) is 4.90 Å². The summed E-state index contributed by atoms with van der Waals surface area (Å²) in [6.07, 6.45) is 1.75. The van der Waals surface area contributed by atoms with Crippen molar-refractivity contribution in [3.05, 3.63) is 58.6 Å². The maximum Gasteiger partial charge on any atom is 0.235 e. The Morgan fingerprint density at radius 1 is 1.11 bits per heavy atom. The number of nitrogens with zero attached hydrogens (tertiary/aromatic N) is 2. The number of anilines is 2. The summed E-state index contributed by atoms with van der Waals surface area (Å²) in [6, 6.07) is 13.9. The highest BCUT2D eigenvalue weighted by molar-refractivity contribution is 6.30. The van der Waals surface area contributed by atoms with Gasteiger partial charge in [-0.3, -0.25) is 4.79 Å². The van der Waals surface area contributed by atoms with Gasteiger partial charge in [-0.2, -0.15) is 0 Å². The summed E-state index contributed by atoms with van der Waals surface area (Å²) in [5.74, 6) is 0.0680. The number of piperazine rings is 1. The van der Waals surface area contributed by atoms with Crippen LogP contribution in [-0.2, 0) is 10.2 Å². The molecule has 1 N–H and O–H groups in total. The first kappa shape index (κ1) is 19.3. The predicted octanol–water partition coefficient (Wildman–Crippen LogP) is 4.46. The first-order valence-corrected chi connectivity index (χ1v) is 10.5. The molecule has 0 radical (unpaired) electrons. The third-order valence-electron chi connectivity index (χ3n) is 6.18. The van der Waals surface area contributed by atoms with Crippen molar-refractivity contribution in [3.8, 4) is 0 Å². The molecule has 28 heavy (non-hydrogen) atoms. The molecule has 2 fully saturated rings. The summed E-state index contributed by atoms with van der Waals surface area (Å²) in [5.41, 5.74) is 3.93. The molecule has 1 heterocycles. The van der Waals surface area contributed by atoms with Crippen LogP contribution in [0.25, 0.3) is 0 Å². The van der Waals surface area contributed by atoms with E-state index in [-0.39, 0.29) is 5.91 Å². The molecule has 4 nitrogen and oxygen atoms in total. The maximum absolute atomic E-state index is 13.0. The molecule has 0 unspecified atom stereocenters. The lowest BCUT2D eigenvalue weighted by Gasteiger charge is -2.36. The van der Waals surface area contributed by atoms with Gasteiger partial charge in [0.1, 0.15) is 0 Å². The summed E-state index contributed by atoms with van der Waals surface area (Å²) in [7, 11) is 0. The van der Waals surface area contributed by atoms with E-state index in [9.17, 15) is 4.79 Å². The van der Waals surface area contributed by atoms with Crippen molar-refractivity contribution in [2.75, 3.05) is 42.9 Å². The quantitative estimate of drug-likeness (QED) is 0.809. The number of rotatable bonds is 5. The fourth-order valence-corrected chi connectivity index (χ4v) is 4.39. The lowest BCUT2D eigenvalue weighted by Crippen LogP contribution is -2.46. The van der Waals surface area contributed by atoms with E-state index in [1.165, 1.54) is 11.3 Å². The van der Waals surface area contributed by atoms with Crippen LogP contribution >= 0.6 is 11.6 Å². The first-order chi connectivity index (χ1) is 13.5. The van der Waals surface area contributed by atoms with E-state index in [1.807, 2.05) is 30.3 Å². The molecular weight excluding hydrogens is 370 g/mol. The SMILES string of the molecule is CCN1CCN(c2ccc(NC(=O)C3(c4cccc(Cl)c4)CC3)cc2C)CC1. The highest BCUT2D eigenvalue weighted by Crippen LogP contribution is 2.49. The highest BCUT2D eigenvalue weighted by Gasteiger charge is 2.51. The maximum atomic E-state index is 13.0. The Bertz CT molecular complexity index is 870. The minimum absolute atomic E-state index is 0.0680. The van der Waals surface area contributed by atoms with Crippen molar-refractivity contribution >= 4 is 28.9 Å². The number of benzene rings is 2. The Labute approximate surface area is 172 Å². The monoisotopic (exact) mass is 397 g/mol. The Kier molecular flexibility index (Phi) is 5.35. The summed E-state index contributed by atoms with van der Waals surface area (Å²) < 4.78 is 0. The molecule has 2 aliphatic rings. The number of aryl methyl sites for hydroxylation is 1. The number of carbonyl (C=O) groups excluding carboxylic acids is 1. The van der Waals surface area contributed by atoms with Gasteiger partial charge in [-0.05, 0) is 67.8 Å². The van der Waals surface area contributed by atoms with Crippen LogP contribution in [0, 0.1) is 6.92 Å². The summed E-state index contributed by atoms with van der Waals surface area (Å²) in [6.45, 7) is 9.78. The molecule has 1 saturated carbocycles. The standard InChI is InChI=1S/C23H28ClN3O/c1-3-26-11-13-27(14-12-26)21-8-7-20(15-17(21)2)25-22(28)23(9-10-23)18-5-4-6-19(24)16-18/h4-8,15-16H,3,9-14H2,1-2H3,(H,25,28). The van der Waals surface area contributed by atoms with Crippen LogP contribution in [0.4, 0.5) is 11.4 Å². The van der Waals surface area contributed by atoms with Crippen LogP contribution < -0.4 is 10.2 Å². The van der Waals surface area contributed by atoms with Gasteiger partial charge in [-0.1, -0.05) is 30.7 Å². The van der Waals surface area contributed by atoms with Crippen LogP contribution in [0.1, 0.15) is 30.9 Å². The smallest absolute Gasteiger partial charge is 0.235 e.